The highest BCUT2D eigenvalue weighted by Crippen LogP contribution is 2.32. The van der Waals surface area contributed by atoms with Gasteiger partial charge in [-0.25, -0.2) is 0 Å². The molecule has 0 saturated heterocycles. The van der Waals surface area contributed by atoms with Crippen molar-refractivity contribution in [2.45, 2.75) is 39.0 Å². The maximum atomic E-state index is 11.9. The van der Waals surface area contributed by atoms with Crippen LogP contribution < -0.4 is 0 Å². The zero-order valence-electron chi connectivity index (χ0n) is 13.2. The van der Waals surface area contributed by atoms with Crippen molar-refractivity contribution in [3.05, 3.63) is 35.4 Å². The fourth-order valence-corrected chi connectivity index (χ4v) is 2.20. The SMILES string of the molecule is CCOC(=O)CC(C#N)(CC(=O)OCC)c1ccc(C)cc1. The monoisotopic (exact) mass is 303 g/mol. The Hall–Kier alpha value is -2.35. The van der Waals surface area contributed by atoms with Gasteiger partial charge in [0.05, 0.1) is 32.1 Å². The number of nitrogens with zero attached hydrogens (tertiary/aromatic N) is 1. The number of esters is 2. The summed E-state index contributed by atoms with van der Waals surface area (Å²) in [6.45, 7) is 5.78. The van der Waals surface area contributed by atoms with Crippen LogP contribution >= 0.6 is 0 Å². The molecule has 118 valence electrons. The number of rotatable bonds is 7. The van der Waals surface area contributed by atoms with Crippen LogP contribution in [0.25, 0.3) is 0 Å². The third kappa shape index (κ3) is 4.59. The zero-order valence-corrected chi connectivity index (χ0v) is 13.2. The largest absolute Gasteiger partial charge is 0.466 e. The fraction of sp³-hybridized carbons (Fsp3) is 0.471. The van der Waals surface area contributed by atoms with Gasteiger partial charge >= 0.3 is 11.9 Å². The van der Waals surface area contributed by atoms with Crippen molar-refractivity contribution < 1.29 is 19.1 Å². The van der Waals surface area contributed by atoms with Crippen LogP contribution in [0, 0.1) is 18.3 Å². The summed E-state index contributed by atoms with van der Waals surface area (Å²) in [5.41, 5.74) is 0.371. The molecule has 0 aliphatic carbocycles. The van der Waals surface area contributed by atoms with Gasteiger partial charge < -0.3 is 9.47 Å². The van der Waals surface area contributed by atoms with Gasteiger partial charge in [-0.3, -0.25) is 9.59 Å². The van der Waals surface area contributed by atoms with E-state index in [4.69, 9.17) is 9.47 Å². The normalized spacial score (nSPS) is 10.6. The van der Waals surface area contributed by atoms with Gasteiger partial charge in [0.15, 0.2) is 0 Å². The highest BCUT2D eigenvalue weighted by Gasteiger charge is 2.38. The van der Waals surface area contributed by atoms with Crippen LogP contribution in [-0.2, 0) is 24.5 Å². The van der Waals surface area contributed by atoms with E-state index in [0.717, 1.165) is 5.56 Å². The summed E-state index contributed by atoms with van der Waals surface area (Å²) in [7, 11) is 0. The lowest BCUT2D eigenvalue weighted by molar-refractivity contribution is -0.146. The van der Waals surface area contributed by atoms with Crippen molar-refractivity contribution in [3.8, 4) is 6.07 Å². The molecule has 0 N–H and O–H groups in total. The predicted molar refractivity (Wildman–Crippen MR) is 81.0 cm³/mol. The Balaban J connectivity index is 3.16. The van der Waals surface area contributed by atoms with E-state index in [2.05, 4.69) is 6.07 Å². The second-order valence-electron chi connectivity index (χ2n) is 5.02. The molecule has 0 aromatic heterocycles. The van der Waals surface area contributed by atoms with Crippen molar-refractivity contribution in [1.82, 2.24) is 0 Å². The maximum absolute atomic E-state index is 11.9. The Kier molecular flexibility index (Phi) is 6.58. The maximum Gasteiger partial charge on any atom is 0.307 e. The third-order valence-corrected chi connectivity index (χ3v) is 3.32. The lowest BCUT2D eigenvalue weighted by atomic mass is 9.76. The molecule has 5 heteroatoms. The quantitative estimate of drug-likeness (QED) is 0.724. The van der Waals surface area contributed by atoms with Crippen molar-refractivity contribution in [1.29, 1.82) is 5.26 Å². The third-order valence-electron chi connectivity index (χ3n) is 3.32. The van der Waals surface area contributed by atoms with Crippen molar-refractivity contribution >= 4 is 11.9 Å². The number of benzene rings is 1. The molecule has 0 saturated carbocycles. The molecule has 0 radical (unpaired) electrons. The molecule has 22 heavy (non-hydrogen) atoms. The summed E-state index contributed by atoms with van der Waals surface area (Å²) in [6, 6.07) is 9.34. The average molecular weight is 303 g/mol. The second kappa shape index (κ2) is 8.18. The zero-order chi connectivity index (χ0) is 16.6. The molecule has 0 unspecified atom stereocenters. The summed E-state index contributed by atoms with van der Waals surface area (Å²) >= 11 is 0. The number of ether oxygens (including phenoxy) is 2. The van der Waals surface area contributed by atoms with Gasteiger partial charge in [-0.15, -0.1) is 0 Å². The first-order valence-electron chi connectivity index (χ1n) is 7.27. The molecule has 5 nitrogen and oxygen atoms in total. The number of carbonyl (C=O) groups is 2. The van der Waals surface area contributed by atoms with Gasteiger partial charge in [0.2, 0.25) is 0 Å². The molecule has 0 atom stereocenters. The number of hydrogen-bond donors (Lipinski definition) is 0. The van der Waals surface area contributed by atoms with E-state index in [9.17, 15) is 14.9 Å². The molecule has 0 spiro atoms. The van der Waals surface area contributed by atoms with E-state index < -0.39 is 17.4 Å². The average Bonchev–Trinajstić information content (AvgIpc) is 2.47. The number of hydrogen-bond acceptors (Lipinski definition) is 5. The number of aryl methyl sites for hydroxylation is 1. The minimum absolute atomic E-state index is 0.181. The van der Waals surface area contributed by atoms with Crippen molar-refractivity contribution in [2.24, 2.45) is 0 Å². The van der Waals surface area contributed by atoms with Crippen molar-refractivity contribution in [3.63, 3.8) is 0 Å². The first-order chi connectivity index (χ1) is 10.5. The number of carbonyl (C=O) groups excluding carboxylic acids is 2. The van der Waals surface area contributed by atoms with E-state index in [1.165, 1.54) is 0 Å². The van der Waals surface area contributed by atoms with Gasteiger partial charge in [0.1, 0.15) is 5.41 Å². The summed E-state index contributed by atoms with van der Waals surface area (Å²) in [6.07, 6.45) is -0.363. The highest BCUT2D eigenvalue weighted by atomic mass is 16.5. The van der Waals surface area contributed by atoms with Crippen LogP contribution in [0.4, 0.5) is 0 Å². The Morgan fingerprint density at radius 3 is 1.86 bits per heavy atom. The lowest BCUT2D eigenvalue weighted by Crippen LogP contribution is -2.32. The standard InChI is InChI=1S/C17H21NO4/c1-4-21-15(19)10-17(12-18,11-16(20)22-5-2)14-8-6-13(3)7-9-14/h6-9H,4-5,10-11H2,1-3H3. The van der Waals surface area contributed by atoms with Gasteiger partial charge in [-0.2, -0.15) is 5.26 Å². The minimum atomic E-state index is -1.27. The predicted octanol–water partition coefficient (Wildman–Crippen LogP) is 2.66. The van der Waals surface area contributed by atoms with Crippen LogP contribution in [0.5, 0.6) is 0 Å². The van der Waals surface area contributed by atoms with Gasteiger partial charge in [-0.1, -0.05) is 29.8 Å². The molecule has 0 bridgehead atoms. The van der Waals surface area contributed by atoms with Crippen LogP contribution in [0.15, 0.2) is 24.3 Å². The van der Waals surface area contributed by atoms with Crippen LogP contribution in [-0.4, -0.2) is 25.2 Å². The summed E-state index contributed by atoms with van der Waals surface area (Å²) in [4.78, 5) is 23.7. The first-order valence-corrected chi connectivity index (χ1v) is 7.27. The molecule has 0 aliphatic rings. The van der Waals surface area contributed by atoms with E-state index in [1.807, 2.05) is 19.1 Å². The molecule has 0 heterocycles. The van der Waals surface area contributed by atoms with Gasteiger partial charge in [-0.05, 0) is 26.3 Å². The van der Waals surface area contributed by atoms with Gasteiger partial charge in [0, 0.05) is 0 Å². The Morgan fingerprint density at radius 2 is 1.50 bits per heavy atom. The van der Waals surface area contributed by atoms with E-state index >= 15 is 0 Å². The molecule has 0 aliphatic heterocycles. The molecule has 1 rings (SSSR count). The first kappa shape index (κ1) is 17.7. The molecular formula is C17H21NO4. The number of nitriles is 1. The minimum Gasteiger partial charge on any atom is -0.466 e. The van der Waals surface area contributed by atoms with Crippen LogP contribution in [0.1, 0.15) is 37.8 Å². The molecule has 1 aromatic carbocycles. The van der Waals surface area contributed by atoms with Crippen molar-refractivity contribution in [2.75, 3.05) is 13.2 Å². The fourth-order valence-electron chi connectivity index (χ4n) is 2.20. The van der Waals surface area contributed by atoms with Gasteiger partial charge in [0.25, 0.3) is 0 Å². The Labute approximate surface area is 130 Å². The van der Waals surface area contributed by atoms with E-state index in [0.29, 0.717) is 5.56 Å². The van der Waals surface area contributed by atoms with E-state index in [1.54, 1.807) is 26.0 Å². The summed E-state index contributed by atoms with van der Waals surface area (Å²) in [5.74, 6) is -1.01. The molecule has 1 aromatic rings. The highest BCUT2D eigenvalue weighted by molar-refractivity contribution is 5.77. The topological polar surface area (TPSA) is 76.4 Å². The van der Waals surface area contributed by atoms with E-state index in [-0.39, 0.29) is 26.1 Å². The summed E-state index contributed by atoms with van der Waals surface area (Å²) in [5, 5.41) is 9.67. The lowest BCUT2D eigenvalue weighted by Gasteiger charge is -2.25. The molecule has 0 fully saturated rings. The Morgan fingerprint density at radius 1 is 1.05 bits per heavy atom. The van der Waals surface area contributed by atoms with Crippen LogP contribution in [0.2, 0.25) is 0 Å². The Bertz CT molecular complexity index is 537. The molecule has 0 amide bonds. The summed E-state index contributed by atoms with van der Waals surface area (Å²) < 4.78 is 9.89. The second-order valence-corrected chi connectivity index (χ2v) is 5.02. The van der Waals surface area contributed by atoms with Crippen LogP contribution in [0.3, 0.4) is 0 Å². The smallest absolute Gasteiger partial charge is 0.307 e. The molecular weight excluding hydrogens is 282 g/mol.